The number of nitrogens with zero attached hydrogens (tertiary/aromatic N) is 3. The molecule has 0 radical (unpaired) electrons. The number of amidine groups is 1. The van der Waals surface area contributed by atoms with Crippen LogP contribution in [0.4, 0.5) is 0 Å². The lowest BCUT2D eigenvalue weighted by molar-refractivity contribution is -0.122. The minimum absolute atomic E-state index is 0.138. The molecule has 0 saturated carbocycles. The predicted molar refractivity (Wildman–Crippen MR) is 119 cm³/mol. The normalized spacial score (nSPS) is 16.8. The van der Waals surface area contributed by atoms with Crippen LogP contribution in [0.5, 0.6) is 5.75 Å². The number of thioether (sulfide) groups is 1. The Balaban J connectivity index is 1.60. The van der Waals surface area contributed by atoms with Crippen LogP contribution in [-0.2, 0) is 11.3 Å². The Kier molecular flexibility index (Phi) is 6.10. The van der Waals surface area contributed by atoms with E-state index >= 15 is 0 Å². The van der Waals surface area contributed by atoms with Crippen LogP contribution < -0.4 is 4.74 Å². The number of hydrogen-bond donors (Lipinski definition) is 0. The molecule has 30 heavy (non-hydrogen) atoms. The van der Waals surface area contributed by atoms with Crippen LogP contribution in [-0.4, -0.2) is 29.3 Å². The summed E-state index contributed by atoms with van der Waals surface area (Å²) >= 11 is 1.29. The molecule has 7 heteroatoms. The van der Waals surface area contributed by atoms with E-state index in [1.165, 1.54) is 11.8 Å². The van der Waals surface area contributed by atoms with E-state index in [9.17, 15) is 4.79 Å². The van der Waals surface area contributed by atoms with Gasteiger partial charge in [0, 0.05) is 0 Å². The molecule has 1 aliphatic heterocycles. The highest BCUT2D eigenvalue weighted by Gasteiger charge is 2.34. The number of hydrogen-bond acceptors (Lipinski definition) is 6. The van der Waals surface area contributed by atoms with Crippen molar-refractivity contribution in [2.45, 2.75) is 6.54 Å². The van der Waals surface area contributed by atoms with Crippen molar-refractivity contribution < 1.29 is 13.9 Å². The van der Waals surface area contributed by atoms with Gasteiger partial charge in [-0.15, -0.1) is 5.10 Å². The summed E-state index contributed by atoms with van der Waals surface area (Å²) in [6.07, 6.45) is 5.08. The fraction of sp³-hybridized carbons (Fsp3) is 0.0870. The average Bonchev–Trinajstić information content (AvgIpc) is 3.39. The number of ether oxygens (including phenoxy) is 1. The SMILES string of the molecule is COc1ccc(/C=C2\S/C(=N\N=C\c3ccccc3)N(Cc3ccco3)C2=O)cc1. The molecule has 0 unspecified atom stereocenters. The van der Waals surface area contributed by atoms with Gasteiger partial charge in [0.1, 0.15) is 11.5 Å². The second kappa shape index (κ2) is 9.28. The summed E-state index contributed by atoms with van der Waals surface area (Å²) in [7, 11) is 1.62. The van der Waals surface area contributed by atoms with Gasteiger partial charge in [-0.1, -0.05) is 42.5 Å². The Morgan fingerprint density at radius 1 is 1.03 bits per heavy atom. The Hall–Kier alpha value is -3.58. The third kappa shape index (κ3) is 4.69. The first kappa shape index (κ1) is 19.7. The number of methoxy groups -OCH3 is 1. The molecule has 150 valence electrons. The van der Waals surface area contributed by atoms with Crippen molar-refractivity contribution in [1.29, 1.82) is 0 Å². The number of benzene rings is 2. The van der Waals surface area contributed by atoms with Crippen LogP contribution in [0.2, 0.25) is 0 Å². The molecule has 0 spiro atoms. The zero-order valence-corrected chi connectivity index (χ0v) is 17.1. The number of carbonyl (C=O) groups excluding carboxylic acids is 1. The molecule has 2 heterocycles. The Morgan fingerprint density at radius 2 is 1.83 bits per heavy atom. The molecule has 0 bridgehead atoms. The summed E-state index contributed by atoms with van der Waals surface area (Å²) in [5, 5.41) is 8.98. The summed E-state index contributed by atoms with van der Waals surface area (Å²) in [6.45, 7) is 0.290. The van der Waals surface area contributed by atoms with Crippen LogP contribution in [0.3, 0.4) is 0 Å². The molecule has 1 aliphatic rings. The van der Waals surface area contributed by atoms with E-state index in [2.05, 4.69) is 10.2 Å². The van der Waals surface area contributed by atoms with Crippen molar-refractivity contribution in [3.05, 3.63) is 94.8 Å². The van der Waals surface area contributed by atoms with Crippen molar-refractivity contribution in [2.24, 2.45) is 10.2 Å². The number of rotatable bonds is 6. The van der Waals surface area contributed by atoms with Crippen molar-refractivity contribution >= 4 is 35.1 Å². The lowest BCUT2D eigenvalue weighted by Crippen LogP contribution is -2.28. The summed E-state index contributed by atoms with van der Waals surface area (Å²) < 4.78 is 10.6. The number of amides is 1. The number of carbonyl (C=O) groups is 1. The van der Waals surface area contributed by atoms with Gasteiger partial charge in [0.05, 0.1) is 31.0 Å². The first-order valence-electron chi connectivity index (χ1n) is 9.27. The van der Waals surface area contributed by atoms with Gasteiger partial charge in [-0.25, -0.2) is 0 Å². The third-order valence-electron chi connectivity index (χ3n) is 4.35. The van der Waals surface area contributed by atoms with Crippen LogP contribution >= 0.6 is 11.8 Å². The number of furan rings is 1. The van der Waals surface area contributed by atoms with Gasteiger partial charge < -0.3 is 9.15 Å². The van der Waals surface area contributed by atoms with Gasteiger partial charge >= 0.3 is 0 Å². The van der Waals surface area contributed by atoms with E-state index in [0.717, 1.165) is 16.9 Å². The lowest BCUT2D eigenvalue weighted by Gasteiger charge is -2.12. The van der Waals surface area contributed by atoms with Crippen LogP contribution in [0.15, 0.2) is 92.5 Å². The van der Waals surface area contributed by atoms with E-state index < -0.39 is 0 Å². The third-order valence-corrected chi connectivity index (χ3v) is 5.34. The molecule has 0 N–H and O–H groups in total. The molecule has 4 rings (SSSR count). The van der Waals surface area contributed by atoms with E-state index in [1.807, 2.05) is 66.7 Å². The van der Waals surface area contributed by atoms with Crippen LogP contribution in [0.1, 0.15) is 16.9 Å². The minimum Gasteiger partial charge on any atom is -0.497 e. The standard InChI is InChI=1S/C23H19N3O3S/c1-28-19-11-9-17(10-12-19)14-21-22(27)26(16-20-8-5-13-29-20)23(30-21)25-24-15-18-6-3-2-4-7-18/h2-15H,16H2,1H3/b21-14-,24-15+,25-23-. The maximum Gasteiger partial charge on any atom is 0.267 e. The minimum atomic E-state index is -0.138. The fourth-order valence-corrected chi connectivity index (χ4v) is 3.75. The maximum atomic E-state index is 13.0. The molecule has 0 atom stereocenters. The summed E-state index contributed by atoms with van der Waals surface area (Å²) in [6, 6.07) is 20.8. The summed E-state index contributed by atoms with van der Waals surface area (Å²) in [5.74, 6) is 1.30. The fourth-order valence-electron chi connectivity index (χ4n) is 2.82. The molecule has 1 saturated heterocycles. The topological polar surface area (TPSA) is 67.4 Å². The largest absolute Gasteiger partial charge is 0.497 e. The van der Waals surface area contributed by atoms with Crippen molar-refractivity contribution in [3.63, 3.8) is 0 Å². The van der Waals surface area contributed by atoms with Crippen molar-refractivity contribution in [2.75, 3.05) is 7.11 Å². The van der Waals surface area contributed by atoms with Gasteiger partial charge in [-0.05, 0) is 53.2 Å². The Bertz CT molecular complexity index is 1090. The maximum absolute atomic E-state index is 13.0. The molecule has 1 fully saturated rings. The second-order valence-corrected chi connectivity index (χ2v) is 7.40. The van der Waals surface area contributed by atoms with E-state index in [4.69, 9.17) is 9.15 Å². The molecular weight excluding hydrogens is 398 g/mol. The highest BCUT2D eigenvalue weighted by Crippen LogP contribution is 2.34. The summed E-state index contributed by atoms with van der Waals surface area (Å²) in [4.78, 5) is 15.2. The van der Waals surface area contributed by atoms with E-state index in [-0.39, 0.29) is 5.91 Å². The molecule has 6 nitrogen and oxygen atoms in total. The average molecular weight is 417 g/mol. The molecule has 2 aromatic carbocycles. The quantitative estimate of drug-likeness (QED) is 0.328. The molecule has 1 amide bonds. The molecule has 1 aromatic heterocycles. The Morgan fingerprint density at radius 3 is 2.53 bits per heavy atom. The van der Waals surface area contributed by atoms with E-state index in [0.29, 0.717) is 22.4 Å². The highest BCUT2D eigenvalue weighted by atomic mass is 32.2. The van der Waals surface area contributed by atoms with Gasteiger partial charge in [0.15, 0.2) is 5.17 Å². The molecular formula is C23H19N3O3S. The van der Waals surface area contributed by atoms with Crippen molar-refractivity contribution in [3.8, 4) is 5.75 Å². The van der Waals surface area contributed by atoms with E-state index in [1.54, 1.807) is 30.6 Å². The smallest absolute Gasteiger partial charge is 0.267 e. The van der Waals surface area contributed by atoms with Crippen LogP contribution in [0.25, 0.3) is 6.08 Å². The first-order valence-corrected chi connectivity index (χ1v) is 10.1. The van der Waals surface area contributed by atoms with Gasteiger partial charge in [0.25, 0.3) is 5.91 Å². The zero-order chi connectivity index (χ0) is 20.8. The van der Waals surface area contributed by atoms with Crippen molar-refractivity contribution in [1.82, 2.24) is 4.90 Å². The van der Waals surface area contributed by atoms with Crippen LogP contribution in [0, 0.1) is 0 Å². The van der Waals surface area contributed by atoms with Gasteiger partial charge in [-0.2, -0.15) is 5.10 Å². The van der Waals surface area contributed by atoms with Gasteiger partial charge in [0.2, 0.25) is 0 Å². The zero-order valence-electron chi connectivity index (χ0n) is 16.3. The highest BCUT2D eigenvalue weighted by molar-refractivity contribution is 8.18. The monoisotopic (exact) mass is 417 g/mol. The molecule has 3 aromatic rings. The Labute approximate surface area is 178 Å². The first-order chi connectivity index (χ1) is 14.7. The second-order valence-electron chi connectivity index (χ2n) is 6.39. The predicted octanol–water partition coefficient (Wildman–Crippen LogP) is 4.79. The lowest BCUT2D eigenvalue weighted by atomic mass is 10.2. The summed E-state index contributed by atoms with van der Waals surface area (Å²) in [5.41, 5.74) is 1.83. The van der Waals surface area contributed by atoms with Gasteiger partial charge in [-0.3, -0.25) is 9.69 Å². The molecule has 0 aliphatic carbocycles.